The molecule has 3 aromatic rings. The molecule has 1 aliphatic rings. The topological polar surface area (TPSA) is 50.8 Å². The predicted molar refractivity (Wildman–Crippen MR) is 127 cm³/mol. The standard InChI is InChI=1S/C27H21F7N2O3/c1-16(17-6-3-2-4-7-17)35-22-15-23(18-8-5-9-21(14-18)38-26(30,31)25(28)29)36(24(22)37)19-10-12-20(13-11-19)39-27(32,33)34/h2-16,23,25,35H,1H3/t16-,23-/m1/s1. The third-order valence-corrected chi connectivity index (χ3v) is 5.78. The van der Waals surface area contributed by atoms with Crippen LogP contribution in [0.1, 0.15) is 30.1 Å². The van der Waals surface area contributed by atoms with Crippen molar-refractivity contribution in [1.29, 1.82) is 0 Å². The number of hydrogen-bond acceptors (Lipinski definition) is 4. The lowest BCUT2D eigenvalue weighted by Gasteiger charge is -2.26. The second-order valence-electron chi connectivity index (χ2n) is 8.56. The van der Waals surface area contributed by atoms with E-state index in [0.717, 1.165) is 29.8 Å². The SMILES string of the molecule is C[C@@H](NC1=C[C@H](c2cccc(OC(F)(F)C(F)F)c2)N(c2ccc(OC(F)(F)F)cc2)C1=O)c1ccccc1. The van der Waals surface area contributed by atoms with Gasteiger partial charge in [-0.1, -0.05) is 42.5 Å². The first kappa shape index (κ1) is 27.8. The Hall–Kier alpha value is -4.22. The van der Waals surface area contributed by atoms with Gasteiger partial charge in [0.25, 0.3) is 5.91 Å². The molecule has 0 spiro atoms. The molecule has 1 N–H and O–H groups in total. The molecule has 3 aromatic carbocycles. The van der Waals surface area contributed by atoms with Gasteiger partial charge in [0.2, 0.25) is 0 Å². The molecule has 0 bridgehead atoms. The summed E-state index contributed by atoms with van der Waals surface area (Å²) >= 11 is 0. The molecule has 0 radical (unpaired) electrons. The Morgan fingerprint density at radius 2 is 1.51 bits per heavy atom. The van der Waals surface area contributed by atoms with Crippen molar-refractivity contribution >= 4 is 11.6 Å². The molecule has 2 atom stereocenters. The van der Waals surface area contributed by atoms with E-state index in [-0.39, 0.29) is 23.0 Å². The molecule has 0 aromatic heterocycles. The molecule has 1 amide bonds. The number of alkyl halides is 7. The normalized spacial score (nSPS) is 16.7. The number of halogens is 7. The Bertz CT molecular complexity index is 1330. The maximum Gasteiger partial charge on any atom is 0.573 e. The summed E-state index contributed by atoms with van der Waals surface area (Å²) in [4.78, 5) is 14.7. The van der Waals surface area contributed by atoms with Crippen LogP contribution >= 0.6 is 0 Å². The van der Waals surface area contributed by atoms with Gasteiger partial charge in [0.05, 0.1) is 11.7 Å². The van der Waals surface area contributed by atoms with Gasteiger partial charge in [-0.3, -0.25) is 9.69 Å². The Labute approximate surface area is 218 Å². The summed E-state index contributed by atoms with van der Waals surface area (Å²) in [5, 5.41) is 3.10. The average molecular weight is 554 g/mol. The number of ether oxygens (including phenoxy) is 2. The van der Waals surface area contributed by atoms with Crippen molar-refractivity contribution in [2.45, 2.75) is 37.9 Å². The zero-order valence-electron chi connectivity index (χ0n) is 20.1. The molecule has 0 unspecified atom stereocenters. The van der Waals surface area contributed by atoms with Gasteiger partial charge in [-0.15, -0.1) is 13.2 Å². The van der Waals surface area contributed by atoms with Crippen LogP contribution in [0.3, 0.4) is 0 Å². The van der Waals surface area contributed by atoms with Crippen molar-refractivity contribution in [1.82, 2.24) is 5.32 Å². The van der Waals surface area contributed by atoms with Gasteiger partial charge in [0.1, 0.15) is 11.5 Å². The van der Waals surface area contributed by atoms with E-state index >= 15 is 0 Å². The minimum Gasteiger partial charge on any atom is -0.428 e. The lowest BCUT2D eigenvalue weighted by atomic mass is 10.1. The average Bonchev–Trinajstić information content (AvgIpc) is 3.19. The molecule has 12 heteroatoms. The smallest absolute Gasteiger partial charge is 0.428 e. The predicted octanol–water partition coefficient (Wildman–Crippen LogP) is 7.14. The van der Waals surface area contributed by atoms with E-state index in [1.54, 1.807) is 0 Å². The van der Waals surface area contributed by atoms with Gasteiger partial charge in [0.15, 0.2) is 0 Å². The molecular formula is C27H21F7N2O3. The molecule has 1 aliphatic heterocycles. The number of carbonyl (C=O) groups excluding carboxylic acids is 1. The number of nitrogens with zero attached hydrogens (tertiary/aromatic N) is 1. The minimum absolute atomic E-state index is 0.135. The van der Waals surface area contributed by atoms with Crippen molar-refractivity contribution in [2.75, 3.05) is 4.90 Å². The lowest BCUT2D eigenvalue weighted by Crippen LogP contribution is -2.34. The monoisotopic (exact) mass is 554 g/mol. The fourth-order valence-electron chi connectivity index (χ4n) is 4.02. The maximum atomic E-state index is 13.5. The zero-order valence-corrected chi connectivity index (χ0v) is 20.1. The van der Waals surface area contributed by atoms with E-state index in [1.165, 1.54) is 35.2 Å². The van der Waals surface area contributed by atoms with Crippen LogP contribution in [-0.2, 0) is 4.79 Å². The summed E-state index contributed by atoms with van der Waals surface area (Å²) < 4.78 is 98.2. The van der Waals surface area contributed by atoms with E-state index in [4.69, 9.17) is 0 Å². The Morgan fingerprint density at radius 1 is 0.846 bits per heavy atom. The number of benzene rings is 3. The van der Waals surface area contributed by atoms with Crippen molar-refractivity contribution in [3.8, 4) is 11.5 Å². The van der Waals surface area contributed by atoms with E-state index in [0.29, 0.717) is 0 Å². The van der Waals surface area contributed by atoms with Crippen LogP contribution in [0.15, 0.2) is 90.6 Å². The molecule has 206 valence electrons. The summed E-state index contributed by atoms with van der Waals surface area (Å²) in [6.45, 7) is 1.81. The number of rotatable bonds is 9. The number of anilines is 1. The van der Waals surface area contributed by atoms with Crippen molar-refractivity contribution in [3.63, 3.8) is 0 Å². The largest absolute Gasteiger partial charge is 0.573 e. The fraction of sp³-hybridized carbons (Fsp3) is 0.222. The summed E-state index contributed by atoms with van der Waals surface area (Å²) in [5.74, 6) is -1.63. The van der Waals surface area contributed by atoms with Gasteiger partial charge >= 0.3 is 18.9 Å². The van der Waals surface area contributed by atoms with Gasteiger partial charge in [-0.25, -0.2) is 0 Å². The number of nitrogens with one attached hydrogen (secondary N) is 1. The minimum atomic E-state index is -4.92. The van der Waals surface area contributed by atoms with Crippen LogP contribution in [0.25, 0.3) is 0 Å². The molecule has 0 saturated heterocycles. The van der Waals surface area contributed by atoms with Crippen LogP contribution in [-0.4, -0.2) is 24.8 Å². The highest BCUT2D eigenvalue weighted by Gasteiger charge is 2.44. The van der Waals surface area contributed by atoms with Crippen molar-refractivity contribution < 1.29 is 45.0 Å². The molecule has 0 aliphatic carbocycles. The molecule has 5 nitrogen and oxygen atoms in total. The van der Waals surface area contributed by atoms with Gasteiger partial charge in [-0.2, -0.15) is 17.6 Å². The first-order valence-corrected chi connectivity index (χ1v) is 11.5. The van der Waals surface area contributed by atoms with Gasteiger partial charge in [0, 0.05) is 11.7 Å². The molecule has 0 saturated carbocycles. The van der Waals surface area contributed by atoms with E-state index < -0.39 is 42.3 Å². The van der Waals surface area contributed by atoms with Crippen molar-refractivity contribution in [3.05, 3.63) is 102 Å². The summed E-state index contributed by atoms with van der Waals surface area (Å²) in [6, 6.07) is 17.3. The summed E-state index contributed by atoms with van der Waals surface area (Å²) in [6.07, 6.45) is -12.2. The molecule has 39 heavy (non-hydrogen) atoms. The maximum absolute atomic E-state index is 13.5. The first-order chi connectivity index (χ1) is 18.3. The number of hydrogen-bond donors (Lipinski definition) is 1. The summed E-state index contributed by atoms with van der Waals surface area (Å²) in [5.41, 5.74) is 1.39. The highest BCUT2D eigenvalue weighted by atomic mass is 19.4. The van der Waals surface area contributed by atoms with Crippen LogP contribution in [0.5, 0.6) is 11.5 Å². The van der Waals surface area contributed by atoms with Gasteiger partial charge < -0.3 is 14.8 Å². The second kappa shape index (κ2) is 10.9. The molecule has 0 fully saturated rings. The molecular weight excluding hydrogens is 533 g/mol. The third kappa shape index (κ3) is 6.62. The third-order valence-electron chi connectivity index (χ3n) is 5.78. The van der Waals surface area contributed by atoms with Crippen LogP contribution in [0, 0.1) is 0 Å². The van der Waals surface area contributed by atoms with Crippen LogP contribution in [0.2, 0.25) is 0 Å². The zero-order chi connectivity index (χ0) is 28.4. The van der Waals surface area contributed by atoms with Crippen molar-refractivity contribution in [2.24, 2.45) is 0 Å². The number of carbonyl (C=O) groups is 1. The first-order valence-electron chi connectivity index (χ1n) is 11.5. The quantitative estimate of drug-likeness (QED) is 0.286. The lowest BCUT2D eigenvalue weighted by molar-refractivity contribution is -0.274. The van der Waals surface area contributed by atoms with E-state index in [2.05, 4.69) is 14.8 Å². The second-order valence-corrected chi connectivity index (χ2v) is 8.56. The Balaban J connectivity index is 1.68. The highest BCUT2D eigenvalue weighted by Crippen LogP contribution is 2.38. The highest BCUT2D eigenvalue weighted by molar-refractivity contribution is 6.09. The molecule has 4 rings (SSSR count). The fourth-order valence-corrected chi connectivity index (χ4v) is 4.02. The van der Waals surface area contributed by atoms with Crippen LogP contribution in [0.4, 0.5) is 36.4 Å². The van der Waals surface area contributed by atoms with E-state index in [1.807, 2.05) is 37.3 Å². The Morgan fingerprint density at radius 3 is 2.13 bits per heavy atom. The molecule has 1 heterocycles. The summed E-state index contributed by atoms with van der Waals surface area (Å²) in [7, 11) is 0. The van der Waals surface area contributed by atoms with E-state index in [9.17, 15) is 35.5 Å². The van der Waals surface area contributed by atoms with Gasteiger partial charge in [-0.05, 0) is 60.5 Å². The van der Waals surface area contributed by atoms with Crippen LogP contribution < -0.4 is 19.7 Å². The number of amides is 1. The Kier molecular flexibility index (Phi) is 7.75.